The number of benzene rings is 1. The van der Waals surface area contributed by atoms with Gasteiger partial charge in [0, 0.05) is 0 Å². The first-order chi connectivity index (χ1) is 26.3. The van der Waals surface area contributed by atoms with Gasteiger partial charge in [-0.3, -0.25) is 0 Å². The summed E-state index contributed by atoms with van der Waals surface area (Å²) in [6.45, 7) is 12.9. The molecule has 1 aromatic carbocycles. The third-order valence-electron chi connectivity index (χ3n) is 7.41. The van der Waals surface area contributed by atoms with Crippen molar-refractivity contribution in [2.45, 2.75) is 51.9 Å². The maximum absolute atomic E-state index is 10.9. The molecule has 0 radical (unpaired) electrons. The van der Waals surface area contributed by atoms with Crippen molar-refractivity contribution < 1.29 is 66.4 Å². The first-order valence-corrected chi connectivity index (χ1v) is 19.4. The number of carbonyl (C=O) groups is 1. The van der Waals surface area contributed by atoms with Gasteiger partial charge in [-0.25, -0.2) is 4.79 Å². The van der Waals surface area contributed by atoms with E-state index in [-0.39, 0.29) is 6.61 Å². The van der Waals surface area contributed by atoms with Crippen molar-refractivity contribution in [3.8, 4) is 5.75 Å². The number of aryl methyl sites for hydroxylation is 1. The molecule has 0 N–H and O–H groups in total. The van der Waals surface area contributed by atoms with Crippen LogP contribution in [0.3, 0.4) is 0 Å². The fourth-order valence-electron chi connectivity index (χ4n) is 4.49. The molecule has 1 rings (SSSR count). The van der Waals surface area contributed by atoms with Crippen LogP contribution < -0.4 is 4.74 Å². The van der Waals surface area contributed by atoms with E-state index < -0.39 is 5.97 Å². The Bertz CT molecular complexity index is 876. The highest BCUT2D eigenvalue weighted by atomic mass is 16.6. The Labute approximate surface area is 318 Å². The minimum atomic E-state index is -0.407. The summed E-state index contributed by atoms with van der Waals surface area (Å²) in [5.41, 5.74) is 1.37. The van der Waals surface area contributed by atoms with E-state index in [4.69, 9.17) is 56.8 Å². The van der Waals surface area contributed by atoms with Crippen LogP contribution in [0.5, 0.6) is 5.75 Å². The third-order valence-corrected chi connectivity index (χ3v) is 7.41. The molecule has 0 aliphatic heterocycles. The molecule has 0 fully saturated rings. The van der Waals surface area contributed by atoms with Crippen LogP contribution in [0.4, 0.5) is 0 Å². The number of ether oxygens (including phenoxy) is 13. The quantitative estimate of drug-likeness (QED) is 0.0690. The van der Waals surface area contributed by atoms with Crippen LogP contribution in [-0.2, 0) is 68.1 Å². The largest absolute Gasteiger partial charge is 0.491 e. The Morgan fingerprint density at radius 1 is 0.415 bits per heavy atom. The minimum absolute atomic E-state index is 0.0707. The third kappa shape index (κ3) is 36.8. The summed E-state index contributed by atoms with van der Waals surface area (Å²) in [7, 11) is 1.32. The van der Waals surface area contributed by atoms with Crippen LogP contribution >= 0.6 is 0 Å². The number of methoxy groups -OCH3 is 1. The van der Waals surface area contributed by atoms with E-state index >= 15 is 0 Å². The number of unbranched alkanes of at least 4 members (excludes halogenated alkanes) is 5. The monoisotopic (exact) mass is 762 g/mol. The lowest BCUT2D eigenvalue weighted by molar-refractivity contribution is -0.146. The summed E-state index contributed by atoms with van der Waals surface area (Å²) >= 11 is 0. The van der Waals surface area contributed by atoms with Gasteiger partial charge in [-0.15, -0.1) is 0 Å². The molecule has 0 spiro atoms. The number of carbonyl (C=O) groups excluding carboxylic acids is 1. The fraction of sp³-hybridized carbons (Fsp3) is 0.821. The van der Waals surface area contributed by atoms with Crippen molar-refractivity contribution in [3.63, 3.8) is 0 Å². The molecule has 1 aromatic rings. The lowest BCUT2D eigenvalue weighted by atomic mass is 10.0. The normalized spacial score (nSPS) is 11.4. The number of rotatable bonds is 43. The summed E-state index contributed by atoms with van der Waals surface area (Å²) in [6.07, 6.45) is 9.07. The molecule has 0 aromatic heterocycles. The van der Waals surface area contributed by atoms with Gasteiger partial charge in [0.1, 0.15) is 19.0 Å². The maximum Gasteiger partial charge on any atom is 0.331 e. The lowest BCUT2D eigenvalue weighted by Gasteiger charge is -2.09. The molecule has 0 aliphatic carbocycles. The molecule has 0 atom stereocenters. The zero-order chi connectivity index (χ0) is 38.0. The Morgan fingerprint density at radius 2 is 0.736 bits per heavy atom. The highest BCUT2D eigenvalue weighted by molar-refractivity contribution is 5.70. The Hall–Kier alpha value is -1.95. The van der Waals surface area contributed by atoms with Crippen LogP contribution in [0.1, 0.15) is 51.0 Å². The molecule has 53 heavy (non-hydrogen) atoms. The van der Waals surface area contributed by atoms with Crippen molar-refractivity contribution in [2.75, 3.05) is 159 Å². The summed E-state index contributed by atoms with van der Waals surface area (Å²) in [5, 5.41) is 0. The van der Waals surface area contributed by atoms with Crippen LogP contribution in [0, 0.1) is 0 Å². The molecule has 0 amide bonds. The maximum atomic E-state index is 10.9. The number of hydrogen-bond acceptors (Lipinski definition) is 14. The van der Waals surface area contributed by atoms with Gasteiger partial charge in [0.2, 0.25) is 0 Å². The molecular weight excluding hydrogens is 692 g/mol. The standard InChI is InChI=1S/C39H70O14/c1-3-4-5-6-7-8-9-37-10-12-38(13-11-37)53-35-34-51-31-30-49-27-26-47-23-22-45-19-18-43-15-14-42-16-17-44-20-21-46-24-25-48-28-29-50-32-33-52-36-39(40)41-2/h10-13H,3-9,14-36H2,1-2H3. The van der Waals surface area contributed by atoms with Crippen molar-refractivity contribution in [1.82, 2.24) is 0 Å². The van der Waals surface area contributed by atoms with Crippen molar-refractivity contribution in [2.24, 2.45) is 0 Å². The molecule has 0 aliphatic rings. The molecule has 0 bridgehead atoms. The molecule has 310 valence electrons. The second-order valence-electron chi connectivity index (χ2n) is 11.8. The van der Waals surface area contributed by atoms with Crippen LogP contribution in [0.25, 0.3) is 0 Å². The average molecular weight is 763 g/mol. The van der Waals surface area contributed by atoms with Crippen molar-refractivity contribution in [3.05, 3.63) is 29.8 Å². The number of esters is 1. The predicted molar refractivity (Wildman–Crippen MR) is 200 cm³/mol. The molecule has 0 saturated carbocycles. The second-order valence-corrected chi connectivity index (χ2v) is 11.8. The van der Waals surface area contributed by atoms with Gasteiger partial charge in [-0.05, 0) is 30.5 Å². The van der Waals surface area contributed by atoms with Gasteiger partial charge in [0.15, 0.2) is 0 Å². The molecule has 14 heteroatoms. The lowest BCUT2D eigenvalue weighted by Crippen LogP contribution is -2.16. The smallest absolute Gasteiger partial charge is 0.331 e. The van der Waals surface area contributed by atoms with Gasteiger partial charge in [0.25, 0.3) is 0 Å². The van der Waals surface area contributed by atoms with Gasteiger partial charge in [0.05, 0.1) is 146 Å². The first kappa shape index (κ1) is 49.1. The van der Waals surface area contributed by atoms with E-state index in [1.807, 2.05) is 12.1 Å². The molecule has 0 unspecified atom stereocenters. The van der Waals surface area contributed by atoms with Gasteiger partial charge in [-0.1, -0.05) is 51.2 Å². The summed E-state index contributed by atoms with van der Waals surface area (Å²) in [6, 6.07) is 8.42. The average Bonchev–Trinajstić information content (AvgIpc) is 3.18. The predicted octanol–water partition coefficient (Wildman–Crippen LogP) is 4.32. The topological polar surface area (TPSA) is 137 Å². The Morgan fingerprint density at radius 3 is 1.09 bits per heavy atom. The Balaban J connectivity index is 1.68. The molecule has 0 heterocycles. The highest BCUT2D eigenvalue weighted by Crippen LogP contribution is 2.15. The van der Waals surface area contributed by atoms with Crippen molar-refractivity contribution in [1.29, 1.82) is 0 Å². The summed E-state index contributed by atoms with van der Waals surface area (Å²) in [5.74, 6) is 0.474. The van der Waals surface area contributed by atoms with Crippen LogP contribution in [0.2, 0.25) is 0 Å². The molecule has 14 nitrogen and oxygen atoms in total. The molecular formula is C39H70O14. The van der Waals surface area contributed by atoms with E-state index in [2.05, 4.69) is 23.8 Å². The van der Waals surface area contributed by atoms with Gasteiger partial charge in [-0.2, -0.15) is 0 Å². The van der Waals surface area contributed by atoms with E-state index in [0.717, 1.165) is 12.2 Å². The zero-order valence-corrected chi connectivity index (χ0v) is 32.7. The number of hydrogen-bond donors (Lipinski definition) is 0. The van der Waals surface area contributed by atoms with Gasteiger partial charge >= 0.3 is 5.97 Å². The summed E-state index contributed by atoms with van der Waals surface area (Å²) < 4.78 is 70.1. The van der Waals surface area contributed by atoms with E-state index in [1.54, 1.807) is 0 Å². The van der Waals surface area contributed by atoms with Crippen molar-refractivity contribution >= 4 is 5.97 Å². The van der Waals surface area contributed by atoms with Crippen LogP contribution in [0.15, 0.2) is 24.3 Å². The fourth-order valence-corrected chi connectivity index (χ4v) is 4.49. The Kier molecular flexibility index (Phi) is 38.2. The second kappa shape index (κ2) is 41.2. The zero-order valence-electron chi connectivity index (χ0n) is 32.7. The first-order valence-electron chi connectivity index (χ1n) is 19.4. The molecule has 0 saturated heterocycles. The van der Waals surface area contributed by atoms with E-state index in [1.165, 1.54) is 51.2 Å². The van der Waals surface area contributed by atoms with E-state index in [0.29, 0.717) is 145 Å². The minimum Gasteiger partial charge on any atom is -0.491 e. The summed E-state index contributed by atoms with van der Waals surface area (Å²) in [4.78, 5) is 10.9. The SMILES string of the molecule is CCCCCCCCc1ccc(OCCOCCOCCOCCOCCOCCOCCOCCOCCOCCOCCOCC(=O)OC)cc1. The van der Waals surface area contributed by atoms with Crippen LogP contribution in [-0.4, -0.2) is 165 Å². The van der Waals surface area contributed by atoms with E-state index in [9.17, 15) is 4.79 Å². The van der Waals surface area contributed by atoms with Gasteiger partial charge < -0.3 is 61.6 Å². The highest BCUT2D eigenvalue weighted by Gasteiger charge is 2.01.